The summed E-state index contributed by atoms with van der Waals surface area (Å²) in [6.07, 6.45) is 11.6. The van der Waals surface area contributed by atoms with Gasteiger partial charge in [-0.3, -0.25) is 18.7 Å². The molecule has 2 aliphatic heterocycles. The minimum atomic E-state index is -0.521. The standard InChI is InChI=1S/C23H24FN5O.C20H22FN5O2/c1-13-4-6-16(7-5-13)28-12-25-20-10-17(19(24)9-18(20)23(28)30)21-8-14(2)22-26-15(3)11-29(22)27-21;1-12-24-16-4-7-25(10-18(16)28-12)14-8-15(21)19-17(9-14)23-11-26(20(19)27)13-2-5-22-6-3-13/h8-13,16H,4-7H2,1-3H3;8-9,11,13,22H,2-7,10H2,1H3. The Hall–Kier alpha value is -5.83. The van der Waals surface area contributed by atoms with Crippen LogP contribution in [0.3, 0.4) is 0 Å². The maximum absolute atomic E-state index is 15.1. The fraction of sp³-hybridized carbons (Fsp3) is 0.419. The summed E-state index contributed by atoms with van der Waals surface area (Å²) in [7, 11) is 0. The second-order valence-corrected chi connectivity index (χ2v) is 16.1. The quantitative estimate of drug-likeness (QED) is 0.200. The van der Waals surface area contributed by atoms with Crippen molar-refractivity contribution in [3.8, 4) is 11.3 Å². The lowest BCUT2D eigenvalue weighted by Crippen LogP contribution is -2.34. The summed E-state index contributed by atoms with van der Waals surface area (Å²) >= 11 is 0. The third kappa shape index (κ3) is 7.05. The van der Waals surface area contributed by atoms with Crippen LogP contribution in [-0.4, -0.2) is 58.3 Å². The Morgan fingerprint density at radius 1 is 0.810 bits per heavy atom. The van der Waals surface area contributed by atoms with E-state index >= 15 is 4.39 Å². The van der Waals surface area contributed by atoms with Gasteiger partial charge in [0.15, 0.2) is 11.5 Å². The van der Waals surface area contributed by atoms with Crippen LogP contribution in [0.15, 0.2) is 63.2 Å². The Balaban J connectivity index is 0.000000151. The van der Waals surface area contributed by atoms with Crippen molar-refractivity contribution in [1.29, 1.82) is 0 Å². The number of nitrogens with zero attached hydrogens (tertiary/aromatic N) is 9. The number of imidazole rings is 1. The van der Waals surface area contributed by atoms with Crippen molar-refractivity contribution in [2.24, 2.45) is 5.92 Å². The van der Waals surface area contributed by atoms with Crippen molar-refractivity contribution in [2.75, 3.05) is 24.5 Å². The lowest BCUT2D eigenvalue weighted by molar-refractivity contribution is 0.284. The molecule has 0 unspecified atom stereocenters. The van der Waals surface area contributed by atoms with E-state index in [1.54, 1.807) is 38.4 Å². The number of benzene rings is 2. The number of piperidine rings is 1. The fourth-order valence-corrected chi connectivity index (χ4v) is 8.78. The summed E-state index contributed by atoms with van der Waals surface area (Å²) in [5.74, 6) is 1.17. The van der Waals surface area contributed by atoms with Gasteiger partial charge in [-0.05, 0) is 107 Å². The molecule has 7 heterocycles. The number of anilines is 1. The largest absolute Gasteiger partial charge is 0.444 e. The van der Waals surface area contributed by atoms with E-state index in [1.807, 2.05) is 37.9 Å². The van der Waals surface area contributed by atoms with Crippen molar-refractivity contribution in [2.45, 2.75) is 91.3 Å². The van der Waals surface area contributed by atoms with Crippen LogP contribution in [0.4, 0.5) is 14.5 Å². The zero-order chi connectivity index (χ0) is 40.2. The molecule has 0 bridgehead atoms. The van der Waals surface area contributed by atoms with Crippen LogP contribution in [0, 0.1) is 38.3 Å². The van der Waals surface area contributed by atoms with Crippen LogP contribution in [-0.2, 0) is 13.0 Å². The van der Waals surface area contributed by atoms with Gasteiger partial charge >= 0.3 is 0 Å². The van der Waals surface area contributed by atoms with E-state index in [9.17, 15) is 14.0 Å². The van der Waals surface area contributed by atoms with Crippen molar-refractivity contribution in [3.63, 3.8) is 0 Å². The zero-order valence-corrected chi connectivity index (χ0v) is 33.1. The topological polar surface area (TPSA) is 141 Å². The molecule has 0 spiro atoms. The molecule has 2 aromatic carbocycles. The highest BCUT2D eigenvalue weighted by Crippen LogP contribution is 2.32. The van der Waals surface area contributed by atoms with Gasteiger partial charge in [0.1, 0.15) is 22.8 Å². The second-order valence-electron chi connectivity index (χ2n) is 16.1. The molecule has 1 saturated carbocycles. The van der Waals surface area contributed by atoms with Gasteiger partial charge in [0.25, 0.3) is 11.1 Å². The van der Waals surface area contributed by atoms with Crippen LogP contribution >= 0.6 is 0 Å². The monoisotopic (exact) mass is 788 g/mol. The lowest BCUT2D eigenvalue weighted by atomic mass is 9.87. The first-order chi connectivity index (χ1) is 28.0. The molecule has 5 aromatic heterocycles. The minimum absolute atomic E-state index is 0.0676. The molecule has 1 aliphatic carbocycles. The summed E-state index contributed by atoms with van der Waals surface area (Å²) in [5.41, 5.74) is 5.41. The number of oxazole rings is 1. The van der Waals surface area contributed by atoms with E-state index in [4.69, 9.17) is 4.42 Å². The van der Waals surface area contributed by atoms with E-state index in [0.29, 0.717) is 51.7 Å². The molecular weight excluding hydrogens is 743 g/mol. The number of aromatic nitrogens is 8. The summed E-state index contributed by atoms with van der Waals surface area (Å²) in [6, 6.07) is 8.19. The zero-order valence-electron chi connectivity index (χ0n) is 33.1. The summed E-state index contributed by atoms with van der Waals surface area (Å²) < 4.78 is 40.7. The minimum Gasteiger partial charge on any atom is -0.444 e. The lowest BCUT2D eigenvalue weighted by Gasteiger charge is -2.28. The van der Waals surface area contributed by atoms with Gasteiger partial charge in [0, 0.05) is 43.2 Å². The molecule has 300 valence electrons. The first-order valence-corrected chi connectivity index (χ1v) is 20.2. The number of aryl methyl sites for hydroxylation is 3. The average molecular weight is 789 g/mol. The molecule has 13 nitrogen and oxygen atoms in total. The van der Waals surface area contributed by atoms with Crippen molar-refractivity contribution < 1.29 is 13.2 Å². The molecular formula is C43H46F2N10O3. The smallest absolute Gasteiger partial charge is 0.264 e. The van der Waals surface area contributed by atoms with Crippen molar-refractivity contribution in [1.82, 2.24) is 44.0 Å². The second kappa shape index (κ2) is 15.2. The van der Waals surface area contributed by atoms with Gasteiger partial charge in [0.2, 0.25) is 0 Å². The molecule has 0 amide bonds. The van der Waals surface area contributed by atoms with E-state index in [1.165, 1.54) is 12.1 Å². The molecule has 58 heavy (non-hydrogen) atoms. The number of hydrogen-bond donors (Lipinski definition) is 1. The first-order valence-electron chi connectivity index (χ1n) is 20.2. The van der Waals surface area contributed by atoms with Crippen LogP contribution < -0.4 is 21.3 Å². The summed E-state index contributed by atoms with van der Waals surface area (Å²) in [6.45, 7) is 10.9. The number of hydrogen-bond acceptors (Lipinski definition) is 10. The van der Waals surface area contributed by atoms with Gasteiger partial charge in [-0.2, -0.15) is 5.10 Å². The van der Waals surface area contributed by atoms with Crippen LogP contribution in [0.1, 0.15) is 86.1 Å². The molecule has 3 aliphatic rings. The normalized spacial score (nSPS) is 18.8. The van der Waals surface area contributed by atoms with Crippen molar-refractivity contribution in [3.05, 3.63) is 110 Å². The third-order valence-electron chi connectivity index (χ3n) is 12.0. The molecule has 1 N–H and O–H groups in total. The number of rotatable bonds is 4. The van der Waals surface area contributed by atoms with Crippen LogP contribution in [0.2, 0.25) is 0 Å². The molecule has 0 atom stereocenters. The van der Waals surface area contributed by atoms with Gasteiger partial charge < -0.3 is 14.6 Å². The highest BCUT2D eigenvalue weighted by Gasteiger charge is 2.25. The fourth-order valence-electron chi connectivity index (χ4n) is 8.78. The SMILES string of the molecule is Cc1cn2nc(-c3cc4ncn(C5CCC(C)CC5)c(=O)c4cc3F)cc(C)c2n1.Cc1nc2c(o1)CN(c1cc(F)c3c(=O)n(C4CCNCC4)cnc3c1)CC2. The molecule has 2 fully saturated rings. The van der Waals surface area contributed by atoms with Gasteiger partial charge in [0.05, 0.1) is 58.9 Å². The Morgan fingerprint density at radius 2 is 1.53 bits per heavy atom. The Bertz CT molecular complexity index is 2810. The number of fused-ring (bicyclic) bond motifs is 4. The molecule has 0 radical (unpaired) electrons. The molecule has 10 rings (SSSR count). The van der Waals surface area contributed by atoms with Gasteiger partial charge in [-0.25, -0.2) is 33.2 Å². The molecule has 7 aromatic rings. The summed E-state index contributed by atoms with van der Waals surface area (Å²) in [5, 5.41) is 8.18. The van der Waals surface area contributed by atoms with Crippen LogP contribution in [0.25, 0.3) is 38.7 Å². The highest BCUT2D eigenvalue weighted by atomic mass is 19.1. The Morgan fingerprint density at radius 3 is 2.31 bits per heavy atom. The van der Waals surface area contributed by atoms with Gasteiger partial charge in [-0.1, -0.05) is 6.92 Å². The highest BCUT2D eigenvalue weighted by molar-refractivity contribution is 5.84. The first kappa shape index (κ1) is 37.7. The Kier molecular flexibility index (Phi) is 9.86. The van der Waals surface area contributed by atoms with E-state index in [0.717, 1.165) is 92.9 Å². The van der Waals surface area contributed by atoms with E-state index < -0.39 is 11.6 Å². The predicted octanol–water partition coefficient (Wildman–Crippen LogP) is 6.93. The van der Waals surface area contributed by atoms with Crippen LogP contribution in [0.5, 0.6) is 0 Å². The van der Waals surface area contributed by atoms with E-state index in [2.05, 4.69) is 37.3 Å². The van der Waals surface area contributed by atoms with Gasteiger partial charge in [-0.15, -0.1) is 0 Å². The maximum atomic E-state index is 15.1. The Labute approximate surface area is 332 Å². The molecule has 15 heteroatoms. The summed E-state index contributed by atoms with van der Waals surface area (Å²) in [4.78, 5) is 45.8. The number of nitrogens with one attached hydrogen (secondary N) is 1. The maximum Gasteiger partial charge on any atom is 0.264 e. The molecule has 1 saturated heterocycles. The number of halogens is 2. The third-order valence-corrected chi connectivity index (χ3v) is 12.0. The predicted molar refractivity (Wildman–Crippen MR) is 217 cm³/mol. The van der Waals surface area contributed by atoms with E-state index in [-0.39, 0.29) is 28.6 Å². The van der Waals surface area contributed by atoms with Crippen molar-refractivity contribution >= 4 is 33.1 Å². The average Bonchev–Trinajstić information content (AvgIpc) is 3.79.